The summed E-state index contributed by atoms with van der Waals surface area (Å²) in [5.74, 6) is 2.31. The molecular weight excluding hydrogens is 357 g/mol. The fourth-order valence-electron chi connectivity index (χ4n) is 1.75. The molecule has 1 N–H and O–H groups in total. The van der Waals surface area contributed by atoms with Crippen LogP contribution in [-0.2, 0) is 11.3 Å². The zero-order valence-electron chi connectivity index (χ0n) is 11.2. The molecule has 102 valence electrons. The quantitative estimate of drug-likeness (QED) is 0.816. The minimum absolute atomic E-state index is 0.461. The Bertz CT molecular complexity index is 542. The number of nitrogens with one attached hydrogen (secondary N) is 1. The van der Waals surface area contributed by atoms with Crippen LogP contribution in [0.5, 0.6) is 0 Å². The number of furan rings is 1. The Kier molecular flexibility index (Phi) is 4.76. The lowest BCUT2D eigenvalue weighted by Crippen LogP contribution is -2.08. The first kappa shape index (κ1) is 14.3. The van der Waals surface area contributed by atoms with E-state index in [1.807, 2.05) is 19.9 Å². The van der Waals surface area contributed by atoms with Gasteiger partial charge in [0.15, 0.2) is 5.82 Å². The highest BCUT2D eigenvalue weighted by Gasteiger charge is 2.15. The van der Waals surface area contributed by atoms with Crippen LogP contribution in [0.15, 0.2) is 16.7 Å². The van der Waals surface area contributed by atoms with Gasteiger partial charge in [0.05, 0.1) is 27.7 Å². The summed E-state index contributed by atoms with van der Waals surface area (Å²) in [6.45, 7) is 5.21. The van der Waals surface area contributed by atoms with Crippen molar-refractivity contribution < 1.29 is 9.15 Å². The van der Waals surface area contributed by atoms with Gasteiger partial charge in [-0.1, -0.05) is 0 Å². The molecule has 0 atom stereocenters. The number of hydrogen-bond acceptors (Lipinski definition) is 5. The standard InChI is InChI=1S/C13H16IN3O2/c1-4-15-13-11(14)10(7-18-3)16-12(17-13)9-5-6-19-8(9)2/h5-6H,4,7H2,1-3H3,(H,15,16,17). The van der Waals surface area contributed by atoms with Crippen molar-refractivity contribution in [2.75, 3.05) is 19.0 Å². The zero-order valence-corrected chi connectivity index (χ0v) is 13.3. The largest absolute Gasteiger partial charge is 0.469 e. The molecule has 0 spiro atoms. The van der Waals surface area contributed by atoms with Crippen LogP contribution in [0.3, 0.4) is 0 Å². The third kappa shape index (κ3) is 3.06. The van der Waals surface area contributed by atoms with Crippen molar-refractivity contribution in [3.05, 3.63) is 27.4 Å². The van der Waals surface area contributed by atoms with Crippen molar-refractivity contribution in [1.82, 2.24) is 9.97 Å². The molecule has 0 aliphatic carbocycles. The second kappa shape index (κ2) is 6.33. The van der Waals surface area contributed by atoms with Gasteiger partial charge in [0.1, 0.15) is 11.6 Å². The number of methoxy groups -OCH3 is 1. The molecule has 2 heterocycles. The Labute approximate surface area is 125 Å². The Morgan fingerprint density at radius 2 is 2.21 bits per heavy atom. The van der Waals surface area contributed by atoms with Gasteiger partial charge in [-0.2, -0.15) is 0 Å². The maximum Gasteiger partial charge on any atom is 0.165 e. The van der Waals surface area contributed by atoms with Crippen LogP contribution in [0.1, 0.15) is 18.4 Å². The molecule has 2 aromatic heterocycles. The molecule has 2 aromatic rings. The monoisotopic (exact) mass is 373 g/mol. The molecule has 5 nitrogen and oxygen atoms in total. The highest BCUT2D eigenvalue weighted by Crippen LogP contribution is 2.26. The number of aromatic nitrogens is 2. The highest BCUT2D eigenvalue weighted by molar-refractivity contribution is 14.1. The lowest BCUT2D eigenvalue weighted by Gasteiger charge is -2.11. The van der Waals surface area contributed by atoms with Crippen molar-refractivity contribution in [2.24, 2.45) is 0 Å². The van der Waals surface area contributed by atoms with Crippen LogP contribution in [0.4, 0.5) is 5.82 Å². The summed E-state index contributed by atoms with van der Waals surface area (Å²) in [4.78, 5) is 9.13. The van der Waals surface area contributed by atoms with Gasteiger partial charge in [-0.15, -0.1) is 0 Å². The SMILES string of the molecule is CCNc1nc(-c2ccoc2C)nc(COC)c1I. The lowest BCUT2D eigenvalue weighted by atomic mass is 10.2. The summed E-state index contributed by atoms with van der Waals surface area (Å²) in [6, 6.07) is 1.88. The number of nitrogens with zero attached hydrogens (tertiary/aromatic N) is 2. The summed E-state index contributed by atoms with van der Waals surface area (Å²) in [5.41, 5.74) is 1.79. The third-order valence-electron chi connectivity index (χ3n) is 2.64. The maximum atomic E-state index is 5.32. The Hall–Kier alpha value is -1.15. The van der Waals surface area contributed by atoms with Gasteiger partial charge >= 0.3 is 0 Å². The molecule has 0 bridgehead atoms. The fraction of sp³-hybridized carbons (Fsp3) is 0.385. The van der Waals surface area contributed by atoms with E-state index in [0.717, 1.165) is 33.0 Å². The van der Waals surface area contributed by atoms with Gasteiger partial charge < -0.3 is 14.5 Å². The number of anilines is 1. The molecule has 2 rings (SSSR count). The van der Waals surface area contributed by atoms with Crippen LogP contribution in [-0.4, -0.2) is 23.6 Å². The van der Waals surface area contributed by atoms with E-state index in [0.29, 0.717) is 12.4 Å². The van der Waals surface area contributed by atoms with E-state index >= 15 is 0 Å². The minimum Gasteiger partial charge on any atom is -0.469 e. The van der Waals surface area contributed by atoms with E-state index in [-0.39, 0.29) is 0 Å². The molecule has 0 unspecified atom stereocenters. The average Bonchev–Trinajstić information content (AvgIpc) is 2.81. The van der Waals surface area contributed by atoms with Crippen LogP contribution < -0.4 is 5.32 Å². The van der Waals surface area contributed by atoms with Crippen molar-refractivity contribution in [3.63, 3.8) is 0 Å². The first-order valence-corrected chi connectivity index (χ1v) is 7.09. The first-order valence-electron chi connectivity index (χ1n) is 6.01. The van der Waals surface area contributed by atoms with Gasteiger partial charge in [0.2, 0.25) is 0 Å². The van der Waals surface area contributed by atoms with E-state index in [1.165, 1.54) is 0 Å². The number of aryl methyl sites for hydroxylation is 1. The van der Waals surface area contributed by atoms with Crippen LogP contribution in [0, 0.1) is 10.5 Å². The van der Waals surface area contributed by atoms with Gasteiger partial charge in [-0.25, -0.2) is 9.97 Å². The van der Waals surface area contributed by atoms with E-state index < -0.39 is 0 Å². The highest BCUT2D eigenvalue weighted by atomic mass is 127. The molecule has 0 fully saturated rings. The third-order valence-corrected chi connectivity index (χ3v) is 3.78. The normalized spacial score (nSPS) is 10.7. The Morgan fingerprint density at radius 3 is 2.79 bits per heavy atom. The van der Waals surface area contributed by atoms with Crippen molar-refractivity contribution in [2.45, 2.75) is 20.5 Å². The molecule has 0 saturated heterocycles. The fourth-order valence-corrected chi connectivity index (χ4v) is 2.34. The molecule has 19 heavy (non-hydrogen) atoms. The molecular formula is C13H16IN3O2. The second-order valence-electron chi connectivity index (χ2n) is 4.01. The molecule has 0 aromatic carbocycles. The number of rotatable bonds is 5. The molecule has 0 amide bonds. The van der Waals surface area contributed by atoms with Gasteiger partial charge in [0, 0.05) is 13.7 Å². The molecule has 0 aliphatic heterocycles. The molecule has 6 heteroatoms. The number of halogens is 1. The Balaban J connectivity index is 2.52. The summed E-state index contributed by atoms with van der Waals surface area (Å²) in [7, 11) is 1.66. The van der Waals surface area contributed by atoms with Crippen LogP contribution in [0.2, 0.25) is 0 Å². The average molecular weight is 373 g/mol. The van der Waals surface area contributed by atoms with E-state index in [2.05, 4.69) is 37.9 Å². The first-order chi connectivity index (χ1) is 9.17. The topological polar surface area (TPSA) is 60.2 Å². The molecule has 0 aliphatic rings. The van der Waals surface area contributed by atoms with Gasteiger partial charge in [0.25, 0.3) is 0 Å². The summed E-state index contributed by atoms with van der Waals surface area (Å²) in [5, 5.41) is 3.25. The predicted molar refractivity (Wildman–Crippen MR) is 82.1 cm³/mol. The summed E-state index contributed by atoms with van der Waals surface area (Å²) in [6.07, 6.45) is 1.65. The van der Waals surface area contributed by atoms with Crippen molar-refractivity contribution >= 4 is 28.4 Å². The summed E-state index contributed by atoms with van der Waals surface area (Å²) < 4.78 is 11.5. The smallest absolute Gasteiger partial charge is 0.165 e. The minimum atomic E-state index is 0.461. The van der Waals surface area contributed by atoms with Crippen LogP contribution >= 0.6 is 22.6 Å². The van der Waals surface area contributed by atoms with E-state index in [9.17, 15) is 0 Å². The number of ether oxygens (including phenoxy) is 1. The Morgan fingerprint density at radius 1 is 1.42 bits per heavy atom. The number of hydrogen-bond donors (Lipinski definition) is 1. The molecule has 0 radical (unpaired) electrons. The summed E-state index contributed by atoms with van der Waals surface area (Å²) >= 11 is 2.24. The van der Waals surface area contributed by atoms with Crippen LogP contribution in [0.25, 0.3) is 11.4 Å². The van der Waals surface area contributed by atoms with E-state index in [1.54, 1.807) is 13.4 Å². The molecule has 0 saturated carbocycles. The van der Waals surface area contributed by atoms with Gasteiger partial charge in [-0.3, -0.25) is 0 Å². The van der Waals surface area contributed by atoms with Gasteiger partial charge in [-0.05, 0) is 42.5 Å². The van der Waals surface area contributed by atoms with Crippen molar-refractivity contribution in [3.8, 4) is 11.4 Å². The lowest BCUT2D eigenvalue weighted by molar-refractivity contribution is 0.181. The predicted octanol–water partition coefficient (Wildman–Crippen LogP) is 3.23. The maximum absolute atomic E-state index is 5.32. The second-order valence-corrected chi connectivity index (χ2v) is 5.09. The zero-order chi connectivity index (χ0) is 13.8. The van der Waals surface area contributed by atoms with E-state index in [4.69, 9.17) is 9.15 Å². The van der Waals surface area contributed by atoms with Crippen molar-refractivity contribution in [1.29, 1.82) is 0 Å².